The minimum atomic E-state index is -0.934. The van der Waals surface area contributed by atoms with Gasteiger partial charge in [0, 0.05) is 20.1 Å². The van der Waals surface area contributed by atoms with E-state index in [-0.39, 0.29) is 19.0 Å². The lowest BCUT2D eigenvalue weighted by molar-refractivity contribution is -0.137. The molecular formula is C15H22N2O5. The van der Waals surface area contributed by atoms with Crippen LogP contribution in [0.5, 0.6) is 11.5 Å². The summed E-state index contributed by atoms with van der Waals surface area (Å²) >= 11 is 0. The fourth-order valence-electron chi connectivity index (χ4n) is 1.77. The van der Waals surface area contributed by atoms with Crippen molar-refractivity contribution in [1.82, 2.24) is 10.2 Å². The van der Waals surface area contributed by atoms with Crippen molar-refractivity contribution in [2.24, 2.45) is 0 Å². The largest absolute Gasteiger partial charge is 0.493 e. The summed E-state index contributed by atoms with van der Waals surface area (Å²) in [5.41, 5.74) is 0.861. The van der Waals surface area contributed by atoms with Gasteiger partial charge in [-0.1, -0.05) is 6.07 Å². The van der Waals surface area contributed by atoms with Crippen LogP contribution in [0.25, 0.3) is 0 Å². The second-order valence-corrected chi connectivity index (χ2v) is 4.64. The number of hydrogen-bond donors (Lipinski definition) is 2. The van der Waals surface area contributed by atoms with Crippen molar-refractivity contribution in [3.05, 3.63) is 23.8 Å². The number of hydrogen-bond acceptors (Lipinski definition) is 4. The lowest BCUT2D eigenvalue weighted by Crippen LogP contribution is -2.37. The van der Waals surface area contributed by atoms with E-state index in [1.54, 1.807) is 26.3 Å². The third-order valence-electron chi connectivity index (χ3n) is 2.98. The molecule has 2 N–H and O–H groups in total. The van der Waals surface area contributed by atoms with Crippen LogP contribution in [0, 0.1) is 0 Å². The first kappa shape index (κ1) is 17.6. The topological polar surface area (TPSA) is 88.1 Å². The van der Waals surface area contributed by atoms with Crippen LogP contribution in [0.2, 0.25) is 0 Å². The number of amides is 2. The van der Waals surface area contributed by atoms with E-state index >= 15 is 0 Å². The summed E-state index contributed by atoms with van der Waals surface area (Å²) in [5.74, 6) is 0.322. The molecule has 0 bridgehead atoms. The number of carboxylic acids is 1. The fourth-order valence-corrected chi connectivity index (χ4v) is 1.77. The van der Waals surface area contributed by atoms with Crippen molar-refractivity contribution < 1.29 is 24.2 Å². The number of carbonyl (C=O) groups excluding carboxylic acids is 1. The fraction of sp³-hybridized carbons (Fsp3) is 0.467. The molecule has 0 aliphatic rings. The van der Waals surface area contributed by atoms with Crippen molar-refractivity contribution in [3.63, 3.8) is 0 Å². The molecule has 0 aliphatic carbocycles. The third-order valence-corrected chi connectivity index (χ3v) is 2.98. The number of aliphatic carboxylic acids is 1. The molecule has 22 heavy (non-hydrogen) atoms. The highest BCUT2D eigenvalue weighted by molar-refractivity contribution is 5.75. The highest BCUT2D eigenvalue weighted by Crippen LogP contribution is 2.27. The molecule has 0 unspecified atom stereocenters. The van der Waals surface area contributed by atoms with E-state index in [1.165, 1.54) is 4.90 Å². The molecule has 0 radical (unpaired) electrons. The predicted molar refractivity (Wildman–Crippen MR) is 81.3 cm³/mol. The van der Waals surface area contributed by atoms with Crippen molar-refractivity contribution >= 4 is 12.0 Å². The Morgan fingerprint density at radius 1 is 1.32 bits per heavy atom. The maximum atomic E-state index is 11.8. The van der Waals surface area contributed by atoms with Gasteiger partial charge < -0.3 is 24.8 Å². The van der Waals surface area contributed by atoms with Gasteiger partial charge in [-0.05, 0) is 24.6 Å². The molecular weight excluding hydrogens is 288 g/mol. The van der Waals surface area contributed by atoms with Crippen LogP contribution < -0.4 is 14.8 Å². The van der Waals surface area contributed by atoms with Gasteiger partial charge in [-0.3, -0.25) is 4.79 Å². The monoisotopic (exact) mass is 310 g/mol. The molecule has 0 aromatic heterocycles. The molecule has 0 saturated heterocycles. The smallest absolute Gasteiger partial charge is 0.317 e. The van der Waals surface area contributed by atoms with Crippen LogP contribution >= 0.6 is 0 Å². The van der Waals surface area contributed by atoms with Crippen molar-refractivity contribution in [3.8, 4) is 11.5 Å². The Balaban J connectivity index is 2.56. The van der Waals surface area contributed by atoms with Crippen LogP contribution in [0.4, 0.5) is 4.79 Å². The minimum Gasteiger partial charge on any atom is -0.493 e. The van der Waals surface area contributed by atoms with Gasteiger partial charge in [-0.2, -0.15) is 0 Å². The van der Waals surface area contributed by atoms with Crippen LogP contribution in [0.3, 0.4) is 0 Å². The summed E-state index contributed by atoms with van der Waals surface area (Å²) in [5, 5.41) is 11.3. The molecule has 0 spiro atoms. The van der Waals surface area contributed by atoms with Crippen molar-refractivity contribution in [2.45, 2.75) is 19.9 Å². The third kappa shape index (κ3) is 5.51. The Bertz CT molecular complexity index is 519. The average molecular weight is 310 g/mol. The lowest BCUT2D eigenvalue weighted by Gasteiger charge is -2.17. The van der Waals surface area contributed by atoms with Gasteiger partial charge in [0.05, 0.1) is 20.1 Å². The summed E-state index contributed by atoms with van der Waals surface area (Å²) in [4.78, 5) is 23.6. The Hall–Kier alpha value is -2.44. The summed E-state index contributed by atoms with van der Waals surface area (Å²) in [7, 11) is 3.11. The van der Waals surface area contributed by atoms with E-state index in [0.29, 0.717) is 24.7 Å². The first-order chi connectivity index (χ1) is 10.5. The molecule has 1 aromatic rings. The number of carbonyl (C=O) groups is 2. The number of nitrogens with one attached hydrogen (secondary N) is 1. The van der Waals surface area contributed by atoms with Crippen LogP contribution in [0.15, 0.2) is 18.2 Å². The second kappa shape index (κ2) is 8.76. The first-order valence-corrected chi connectivity index (χ1v) is 6.98. The van der Waals surface area contributed by atoms with E-state index in [9.17, 15) is 9.59 Å². The van der Waals surface area contributed by atoms with E-state index in [0.717, 1.165) is 5.56 Å². The molecule has 7 heteroatoms. The molecule has 122 valence electrons. The number of rotatable bonds is 8. The summed E-state index contributed by atoms with van der Waals surface area (Å²) < 4.78 is 10.7. The minimum absolute atomic E-state index is 0.0825. The normalized spacial score (nSPS) is 9.95. The number of methoxy groups -OCH3 is 1. The highest BCUT2D eigenvalue weighted by atomic mass is 16.5. The maximum absolute atomic E-state index is 11.8. The van der Waals surface area contributed by atoms with Crippen LogP contribution in [-0.4, -0.2) is 49.3 Å². The number of benzene rings is 1. The van der Waals surface area contributed by atoms with Gasteiger partial charge in [0.2, 0.25) is 0 Å². The summed E-state index contributed by atoms with van der Waals surface area (Å²) in [6, 6.07) is 5.10. The number of urea groups is 1. The molecule has 1 aromatic carbocycles. The zero-order valence-corrected chi connectivity index (χ0v) is 13.1. The van der Waals surface area contributed by atoms with E-state index in [1.807, 2.05) is 13.0 Å². The zero-order chi connectivity index (χ0) is 16.5. The Morgan fingerprint density at radius 3 is 2.64 bits per heavy atom. The molecule has 2 amide bonds. The number of nitrogens with zero attached hydrogens (tertiary/aromatic N) is 1. The van der Waals surface area contributed by atoms with E-state index < -0.39 is 5.97 Å². The first-order valence-electron chi connectivity index (χ1n) is 6.98. The second-order valence-electron chi connectivity index (χ2n) is 4.64. The predicted octanol–water partition coefficient (Wildman–Crippen LogP) is 1.71. The molecule has 7 nitrogen and oxygen atoms in total. The van der Waals surface area contributed by atoms with Crippen LogP contribution in [0.1, 0.15) is 18.9 Å². The Morgan fingerprint density at radius 2 is 2.05 bits per heavy atom. The molecule has 0 fully saturated rings. The van der Waals surface area contributed by atoms with Crippen LogP contribution in [-0.2, 0) is 11.3 Å². The molecule has 0 saturated carbocycles. The highest BCUT2D eigenvalue weighted by Gasteiger charge is 2.11. The molecule has 1 rings (SSSR count). The van der Waals surface area contributed by atoms with E-state index in [4.69, 9.17) is 14.6 Å². The molecule has 0 aliphatic heterocycles. The maximum Gasteiger partial charge on any atom is 0.317 e. The lowest BCUT2D eigenvalue weighted by atomic mass is 10.2. The summed E-state index contributed by atoms with van der Waals surface area (Å²) in [6.07, 6.45) is -0.0825. The summed E-state index contributed by atoms with van der Waals surface area (Å²) in [6.45, 7) is 2.91. The Kier molecular flexibility index (Phi) is 7.01. The zero-order valence-electron chi connectivity index (χ0n) is 13.1. The van der Waals surface area contributed by atoms with Gasteiger partial charge in [-0.25, -0.2) is 4.79 Å². The Labute approximate surface area is 129 Å². The average Bonchev–Trinajstić information content (AvgIpc) is 2.51. The van der Waals surface area contributed by atoms with Crippen molar-refractivity contribution in [2.75, 3.05) is 27.3 Å². The van der Waals surface area contributed by atoms with Crippen molar-refractivity contribution in [1.29, 1.82) is 0 Å². The number of ether oxygens (including phenoxy) is 2. The van der Waals surface area contributed by atoms with Gasteiger partial charge in [0.15, 0.2) is 11.5 Å². The van der Waals surface area contributed by atoms with E-state index in [2.05, 4.69) is 5.32 Å². The van der Waals surface area contributed by atoms with Gasteiger partial charge >= 0.3 is 12.0 Å². The molecule has 0 atom stereocenters. The molecule has 0 heterocycles. The van der Waals surface area contributed by atoms with Gasteiger partial charge in [0.1, 0.15) is 0 Å². The number of carboxylic acid groups (broad SMARTS) is 1. The van der Waals surface area contributed by atoms with Gasteiger partial charge in [0.25, 0.3) is 0 Å². The standard InChI is InChI=1S/C15H22N2O5/c1-4-22-12-6-5-11(9-13(12)21-3)10-16-15(20)17(2)8-7-14(18)19/h5-6,9H,4,7-8,10H2,1-3H3,(H,16,20)(H,18,19). The van der Waals surface area contributed by atoms with Gasteiger partial charge in [-0.15, -0.1) is 0 Å². The SMILES string of the molecule is CCOc1ccc(CNC(=O)N(C)CCC(=O)O)cc1OC. The quantitative estimate of drug-likeness (QED) is 0.763.